The largest absolute Gasteiger partial charge is 0.399 e. The van der Waals surface area contributed by atoms with Crippen LogP contribution >= 0.6 is 0 Å². The minimum atomic E-state index is -1.87. The van der Waals surface area contributed by atoms with Gasteiger partial charge in [-0.2, -0.15) is 0 Å². The first-order chi connectivity index (χ1) is 19.8. The van der Waals surface area contributed by atoms with Crippen LogP contribution in [0.4, 0.5) is 22.7 Å². The van der Waals surface area contributed by atoms with Gasteiger partial charge >= 0.3 is 0 Å². The highest BCUT2D eigenvalue weighted by Crippen LogP contribution is 2.49. The summed E-state index contributed by atoms with van der Waals surface area (Å²) in [7, 11) is 0. The van der Waals surface area contributed by atoms with E-state index in [1.54, 1.807) is 60.3 Å². The summed E-state index contributed by atoms with van der Waals surface area (Å²) in [5, 5.41) is 32.1. The van der Waals surface area contributed by atoms with Crippen LogP contribution in [-0.4, -0.2) is 43.6 Å². The van der Waals surface area contributed by atoms with E-state index in [-0.39, 0.29) is 12.5 Å². The summed E-state index contributed by atoms with van der Waals surface area (Å²) in [6.45, 7) is 2.36. The lowest BCUT2D eigenvalue weighted by molar-refractivity contribution is -0.138. The van der Waals surface area contributed by atoms with Crippen LogP contribution < -0.4 is 16.0 Å². The third-order valence-corrected chi connectivity index (χ3v) is 7.18. The number of nitrogens with zero attached hydrogens (tertiary/aromatic N) is 4. The lowest BCUT2D eigenvalue weighted by Gasteiger charge is -2.27. The number of hydrogen-bond acceptors (Lipinski definition) is 7. The van der Waals surface area contributed by atoms with Crippen LogP contribution in [0.1, 0.15) is 35.0 Å². The smallest absolute Gasteiger partial charge is 0.268 e. The van der Waals surface area contributed by atoms with Crippen molar-refractivity contribution >= 4 is 34.6 Å². The zero-order valence-corrected chi connectivity index (χ0v) is 22.6. The number of hydrogen-bond donors (Lipinski definition) is 4. The number of aliphatic hydroxyl groups is 2. The summed E-state index contributed by atoms with van der Waals surface area (Å²) in [5.74, 6) is -1.39. The molecule has 0 saturated carbocycles. The normalized spacial score (nSPS) is 17.1. The van der Waals surface area contributed by atoms with Crippen LogP contribution in [0, 0.1) is 5.92 Å². The van der Waals surface area contributed by atoms with Gasteiger partial charge in [0, 0.05) is 59.9 Å². The number of aromatic nitrogens is 3. The zero-order valence-electron chi connectivity index (χ0n) is 22.6. The zero-order chi connectivity index (χ0) is 29.0. The molecule has 2 amide bonds. The molecule has 0 bridgehead atoms. The van der Waals surface area contributed by atoms with Crippen molar-refractivity contribution in [3.05, 3.63) is 108 Å². The van der Waals surface area contributed by atoms with Gasteiger partial charge < -0.3 is 21.3 Å². The number of fused-ring (bicyclic) bond motifs is 1. The van der Waals surface area contributed by atoms with Crippen LogP contribution in [0.5, 0.6) is 0 Å². The van der Waals surface area contributed by atoms with E-state index < -0.39 is 17.4 Å². The Labute approximate surface area is 237 Å². The van der Waals surface area contributed by atoms with Crippen molar-refractivity contribution in [1.82, 2.24) is 15.0 Å². The first-order valence-electron chi connectivity index (χ1n) is 13.4. The highest BCUT2D eigenvalue weighted by molar-refractivity contribution is 6.13. The third kappa shape index (κ3) is 5.60. The van der Waals surface area contributed by atoms with Gasteiger partial charge in [0.25, 0.3) is 11.8 Å². The van der Waals surface area contributed by atoms with Gasteiger partial charge in [0.1, 0.15) is 0 Å². The van der Waals surface area contributed by atoms with Crippen LogP contribution in [0.3, 0.4) is 0 Å². The molecule has 1 aromatic heterocycles. The van der Waals surface area contributed by atoms with Crippen LogP contribution in [0.15, 0.2) is 91.1 Å². The molecular formula is C31H32N6O4. The molecule has 0 spiro atoms. The molecule has 0 unspecified atom stereocenters. The van der Waals surface area contributed by atoms with Crippen LogP contribution in [-0.2, 0) is 23.4 Å². The Kier molecular flexibility index (Phi) is 7.95. The van der Waals surface area contributed by atoms with Crippen molar-refractivity contribution in [3.8, 4) is 0 Å². The number of nitrogens with two attached hydrogens (primary N) is 1. The molecule has 2 atom stereocenters. The van der Waals surface area contributed by atoms with Crippen molar-refractivity contribution in [2.24, 2.45) is 5.92 Å². The molecule has 41 heavy (non-hydrogen) atoms. The molecule has 4 aromatic rings. The topological polar surface area (TPSA) is 147 Å². The van der Waals surface area contributed by atoms with E-state index in [0.29, 0.717) is 59.0 Å². The maximum absolute atomic E-state index is 13.9. The minimum absolute atomic E-state index is 0.0109. The summed E-state index contributed by atoms with van der Waals surface area (Å²) >= 11 is 0. The molecule has 5 rings (SSSR count). The molecule has 3 aromatic carbocycles. The van der Waals surface area contributed by atoms with Gasteiger partial charge in [-0.25, -0.2) is 0 Å². The van der Waals surface area contributed by atoms with Gasteiger partial charge in [0.2, 0.25) is 0 Å². The highest BCUT2D eigenvalue weighted by Gasteiger charge is 2.53. The average molecular weight is 553 g/mol. The molecule has 210 valence electrons. The Bertz CT molecular complexity index is 1570. The fourth-order valence-electron chi connectivity index (χ4n) is 4.94. The van der Waals surface area contributed by atoms with Gasteiger partial charge in [0.15, 0.2) is 5.60 Å². The van der Waals surface area contributed by atoms with Crippen molar-refractivity contribution in [3.63, 3.8) is 0 Å². The van der Waals surface area contributed by atoms with Gasteiger partial charge in [0.05, 0.1) is 11.4 Å². The number of carbonyl (C=O) groups excluding carboxylic acids is 2. The molecule has 1 aliphatic rings. The van der Waals surface area contributed by atoms with E-state index in [2.05, 4.69) is 15.6 Å². The average Bonchev–Trinajstić information content (AvgIpc) is 3.52. The molecule has 0 saturated heterocycles. The van der Waals surface area contributed by atoms with Gasteiger partial charge in [-0.15, -0.1) is 5.10 Å². The van der Waals surface area contributed by atoms with Crippen molar-refractivity contribution in [2.75, 3.05) is 22.6 Å². The number of rotatable bonds is 10. The second kappa shape index (κ2) is 11.7. The number of benzene rings is 3. The summed E-state index contributed by atoms with van der Waals surface area (Å²) in [6.07, 6.45) is 6.56. The first kappa shape index (κ1) is 27.8. The molecule has 0 aliphatic carbocycles. The Balaban J connectivity index is 1.41. The number of amides is 2. The number of anilines is 4. The number of para-hydroxylation sites is 1. The molecule has 0 radical (unpaired) electrons. The Morgan fingerprint density at radius 3 is 2.61 bits per heavy atom. The molecule has 0 fully saturated rings. The predicted octanol–water partition coefficient (Wildman–Crippen LogP) is 3.80. The number of aryl methyl sites for hydroxylation is 1. The van der Waals surface area contributed by atoms with E-state index >= 15 is 0 Å². The third-order valence-electron chi connectivity index (χ3n) is 7.18. The molecule has 10 heteroatoms. The molecule has 1 aliphatic heterocycles. The maximum Gasteiger partial charge on any atom is 0.268 e. The second-order valence-corrected chi connectivity index (χ2v) is 10.0. The Morgan fingerprint density at radius 2 is 1.88 bits per heavy atom. The van der Waals surface area contributed by atoms with Crippen molar-refractivity contribution in [2.45, 2.75) is 31.9 Å². The Morgan fingerprint density at radius 1 is 1.12 bits per heavy atom. The van der Waals surface area contributed by atoms with Crippen LogP contribution in [0.25, 0.3) is 0 Å². The molecule has 10 nitrogen and oxygen atoms in total. The fraction of sp³-hybridized carbons (Fsp3) is 0.226. The van der Waals surface area contributed by atoms with Gasteiger partial charge in [-0.3, -0.25) is 19.2 Å². The summed E-state index contributed by atoms with van der Waals surface area (Å²) < 4.78 is 1.69. The van der Waals surface area contributed by atoms with E-state index in [1.807, 2.05) is 42.5 Å². The molecular weight excluding hydrogens is 520 g/mol. The van der Waals surface area contributed by atoms with E-state index in [9.17, 15) is 14.7 Å². The monoisotopic (exact) mass is 552 g/mol. The molecule has 2 heterocycles. The predicted molar refractivity (Wildman–Crippen MR) is 156 cm³/mol. The van der Waals surface area contributed by atoms with Crippen molar-refractivity contribution < 1.29 is 19.8 Å². The maximum atomic E-state index is 13.9. The standard InChI is InChI=1S/C31H32N6O4/c1-21(7-5-6-17-36-20-25(16-18-38)34-35-36)31(41)27-19-24(33-29(39)22-10-12-23(32)13-11-22)14-15-28(27)37(30(31)40)26-8-3-2-4-9-26/h2-5,7-15,19-21,38,41H,6,16-18,32H2,1H3,(H,33,39)/b7-5+/t21-,31+/m0/s1. The van der Waals surface area contributed by atoms with Gasteiger partial charge in [-0.05, 0) is 61.0 Å². The minimum Gasteiger partial charge on any atom is -0.399 e. The number of aliphatic hydroxyl groups excluding tert-OH is 1. The van der Waals surface area contributed by atoms with Gasteiger partial charge in [-0.1, -0.05) is 42.5 Å². The summed E-state index contributed by atoms with van der Waals surface area (Å²) in [6, 6.07) is 20.8. The van der Waals surface area contributed by atoms with E-state index in [0.717, 1.165) is 0 Å². The lowest BCUT2D eigenvalue weighted by Crippen LogP contribution is -2.42. The SMILES string of the molecule is C[C@@H](/C=C/CCn1cc(CCO)nn1)[C@]1(O)C(=O)N(c2ccccc2)c2ccc(NC(=O)c3ccc(N)cc3)cc21. The lowest BCUT2D eigenvalue weighted by atomic mass is 9.82. The number of carbonyl (C=O) groups is 2. The number of nitrogens with one attached hydrogen (secondary N) is 1. The van der Waals surface area contributed by atoms with E-state index in [4.69, 9.17) is 10.8 Å². The fourth-order valence-corrected chi connectivity index (χ4v) is 4.94. The summed E-state index contributed by atoms with van der Waals surface area (Å²) in [5.41, 5.74) is 7.62. The Hall–Kier alpha value is -4.80. The quantitative estimate of drug-likeness (QED) is 0.173. The summed E-state index contributed by atoms with van der Waals surface area (Å²) in [4.78, 5) is 28.3. The van der Waals surface area contributed by atoms with Crippen LogP contribution in [0.2, 0.25) is 0 Å². The van der Waals surface area contributed by atoms with E-state index in [1.165, 1.54) is 4.90 Å². The number of allylic oxidation sites excluding steroid dienone is 1. The van der Waals surface area contributed by atoms with Crippen molar-refractivity contribution in [1.29, 1.82) is 0 Å². The second-order valence-electron chi connectivity index (χ2n) is 10.0. The highest BCUT2D eigenvalue weighted by atomic mass is 16.3. The first-order valence-corrected chi connectivity index (χ1v) is 13.4. The number of nitrogen functional groups attached to an aromatic ring is 1. The molecule has 5 N–H and O–H groups in total.